The van der Waals surface area contributed by atoms with E-state index in [-0.39, 0.29) is 5.54 Å². The van der Waals surface area contributed by atoms with Crippen LogP contribution in [0.15, 0.2) is 18.3 Å². The van der Waals surface area contributed by atoms with Gasteiger partial charge in [-0.2, -0.15) is 0 Å². The Bertz CT molecular complexity index is 434. The van der Waals surface area contributed by atoms with Crippen LogP contribution < -0.4 is 11.1 Å². The monoisotopic (exact) mass is 265 g/mol. The molecule has 1 aromatic heterocycles. The lowest BCUT2D eigenvalue weighted by Gasteiger charge is -2.32. The van der Waals surface area contributed by atoms with Crippen molar-refractivity contribution in [1.29, 1.82) is 0 Å². The van der Waals surface area contributed by atoms with Crippen LogP contribution in [0.1, 0.15) is 37.6 Å². The molecule has 0 spiro atoms. The van der Waals surface area contributed by atoms with Crippen LogP contribution in [-0.2, 0) is 4.74 Å². The maximum Gasteiger partial charge on any atom is 0.341 e. The van der Waals surface area contributed by atoms with Crippen LogP contribution in [0.2, 0.25) is 0 Å². The van der Waals surface area contributed by atoms with Crippen LogP contribution >= 0.6 is 0 Å². The average Bonchev–Trinajstić information content (AvgIpc) is 2.37. The van der Waals surface area contributed by atoms with Crippen molar-refractivity contribution in [2.45, 2.75) is 32.7 Å². The Morgan fingerprint density at radius 1 is 1.58 bits per heavy atom. The van der Waals surface area contributed by atoms with E-state index in [0.717, 1.165) is 6.42 Å². The molecule has 19 heavy (non-hydrogen) atoms. The number of nitrogens with zero attached hydrogens (tertiary/aromatic N) is 1. The summed E-state index contributed by atoms with van der Waals surface area (Å²) in [6, 6.07) is 3.40. The fraction of sp³-hybridized carbons (Fsp3) is 0.571. The topological polar surface area (TPSA) is 77.2 Å². The lowest BCUT2D eigenvalue weighted by molar-refractivity contribution is 0.0601. The van der Waals surface area contributed by atoms with Gasteiger partial charge in [-0.3, -0.25) is 0 Å². The maximum atomic E-state index is 11.7. The number of nitrogens with two attached hydrogens (primary N) is 1. The molecule has 1 aromatic rings. The molecule has 0 amide bonds. The van der Waals surface area contributed by atoms with Crippen LogP contribution in [-0.4, -0.2) is 30.1 Å². The van der Waals surface area contributed by atoms with Gasteiger partial charge in [0.15, 0.2) is 0 Å². The van der Waals surface area contributed by atoms with E-state index in [1.165, 1.54) is 7.11 Å². The van der Waals surface area contributed by atoms with E-state index >= 15 is 0 Å². The number of nitrogens with one attached hydrogen (secondary N) is 1. The number of esters is 1. The van der Waals surface area contributed by atoms with Crippen LogP contribution in [0.4, 0.5) is 5.82 Å². The first-order chi connectivity index (χ1) is 8.91. The second-order valence-corrected chi connectivity index (χ2v) is 5.38. The zero-order valence-electron chi connectivity index (χ0n) is 12.1. The first kappa shape index (κ1) is 15.4. The number of methoxy groups -OCH3 is 1. The quantitative estimate of drug-likeness (QED) is 0.770. The third-order valence-electron chi connectivity index (χ3n) is 2.94. The molecule has 0 saturated carbocycles. The van der Waals surface area contributed by atoms with Crippen LogP contribution in [0.3, 0.4) is 0 Å². The summed E-state index contributed by atoms with van der Waals surface area (Å²) in [7, 11) is 1.36. The number of aromatic nitrogens is 1. The van der Waals surface area contributed by atoms with Gasteiger partial charge in [0.2, 0.25) is 0 Å². The van der Waals surface area contributed by atoms with Crippen molar-refractivity contribution in [2.24, 2.45) is 11.7 Å². The van der Waals surface area contributed by atoms with Gasteiger partial charge in [-0.05, 0) is 31.4 Å². The first-order valence-corrected chi connectivity index (χ1v) is 6.43. The standard InChI is InChI=1S/C14H23N3O2/c1-10(2)8-14(3,9-15)17-12-11(13(18)19-4)6-5-7-16-12/h5-7,10H,8-9,15H2,1-4H3,(H,16,17). The molecular formula is C14H23N3O2. The second kappa shape index (κ2) is 6.52. The van der Waals surface area contributed by atoms with Gasteiger partial charge in [-0.25, -0.2) is 9.78 Å². The lowest BCUT2D eigenvalue weighted by atomic mass is 9.90. The van der Waals surface area contributed by atoms with E-state index in [9.17, 15) is 4.79 Å². The Hall–Kier alpha value is -1.62. The summed E-state index contributed by atoms with van der Waals surface area (Å²) in [5.41, 5.74) is 5.98. The van der Waals surface area contributed by atoms with Gasteiger partial charge in [-0.15, -0.1) is 0 Å². The SMILES string of the molecule is COC(=O)c1cccnc1NC(C)(CN)CC(C)C. The van der Waals surface area contributed by atoms with E-state index in [2.05, 4.69) is 24.1 Å². The number of anilines is 1. The summed E-state index contributed by atoms with van der Waals surface area (Å²) in [5, 5.41) is 3.28. The molecule has 0 aliphatic heterocycles. The highest BCUT2D eigenvalue weighted by atomic mass is 16.5. The zero-order chi connectivity index (χ0) is 14.5. The molecule has 1 rings (SSSR count). The van der Waals surface area contributed by atoms with Crippen molar-refractivity contribution in [1.82, 2.24) is 4.98 Å². The molecule has 1 heterocycles. The number of pyridine rings is 1. The molecule has 106 valence electrons. The van der Waals surface area contributed by atoms with Gasteiger partial charge in [0.25, 0.3) is 0 Å². The smallest absolute Gasteiger partial charge is 0.341 e. The molecule has 1 atom stereocenters. The molecule has 0 radical (unpaired) electrons. The van der Waals surface area contributed by atoms with Crippen molar-refractivity contribution in [3.8, 4) is 0 Å². The van der Waals surface area contributed by atoms with Crippen molar-refractivity contribution in [2.75, 3.05) is 19.0 Å². The van der Waals surface area contributed by atoms with E-state index in [1.54, 1.807) is 18.3 Å². The molecule has 5 heteroatoms. The summed E-state index contributed by atoms with van der Waals surface area (Å²) in [6.45, 7) is 6.76. The van der Waals surface area contributed by atoms with Gasteiger partial charge in [0.1, 0.15) is 11.4 Å². The fourth-order valence-electron chi connectivity index (χ4n) is 2.15. The van der Waals surface area contributed by atoms with Crippen LogP contribution in [0.25, 0.3) is 0 Å². The predicted octanol–water partition coefficient (Wildman–Crippen LogP) is 2.04. The number of hydrogen-bond acceptors (Lipinski definition) is 5. The van der Waals surface area contributed by atoms with E-state index in [1.807, 2.05) is 6.92 Å². The Balaban J connectivity index is 3.00. The highest BCUT2D eigenvalue weighted by Crippen LogP contribution is 2.23. The molecule has 0 aromatic carbocycles. The van der Waals surface area contributed by atoms with Crippen molar-refractivity contribution in [3.63, 3.8) is 0 Å². The maximum absolute atomic E-state index is 11.7. The van der Waals surface area contributed by atoms with Crippen molar-refractivity contribution >= 4 is 11.8 Å². The van der Waals surface area contributed by atoms with Crippen LogP contribution in [0.5, 0.6) is 0 Å². The third-order valence-corrected chi connectivity index (χ3v) is 2.94. The summed E-state index contributed by atoms with van der Waals surface area (Å²) in [6.07, 6.45) is 2.53. The Morgan fingerprint density at radius 2 is 2.26 bits per heavy atom. The van der Waals surface area contributed by atoms with E-state index < -0.39 is 5.97 Å². The number of rotatable bonds is 6. The van der Waals surface area contributed by atoms with Crippen LogP contribution in [0, 0.1) is 5.92 Å². The molecule has 0 bridgehead atoms. The molecule has 0 fully saturated rings. The molecule has 3 N–H and O–H groups in total. The van der Waals surface area contributed by atoms with Crippen molar-refractivity contribution < 1.29 is 9.53 Å². The Labute approximate surface area is 114 Å². The number of hydrogen-bond donors (Lipinski definition) is 2. The minimum atomic E-state index is -0.403. The fourth-order valence-corrected chi connectivity index (χ4v) is 2.15. The average molecular weight is 265 g/mol. The summed E-state index contributed by atoms with van der Waals surface area (Å²) in [4.78, 5) is 15.9. The lowest BCUT2D eigenvalue weighted by Crippen LogP contribution is -2.44. The van der Waals surface area contributed by atoms with Gasteiger partial charge in [0.05, 0.1) is 7.11 Å². The summed E-state index contributed by atoms with van der Waals surface area (Å²) < 4.78 is 4.76. The Morgan fingerprint density at radius 3 is 2.79 bits per heavy atom. The zero-order valence-corrected chi connectivity index (χ0v) is 12.1. The predicted molar refractivity (Wildman–Crippen MR) is 76.1 cm³/mol. The van der Waals surface area contributed by atoms with E-state index in [0.29, 0.717) is 23.8 Å². The Kier molecular flexibility index (Phi) is 5.30. The number of carbonyl (C=O) groups excluding carboxylic acids is 1. The number of ether oxygens (including phenoxy) is 1. The van der Waals surface area contributed by atoms with Gasteiger partial charge < -0.3 is 15.8 Å². The normalized spacial score (nSPS) is 14.0. The summed E-state index contributed by atoms with van der Waals surface area (Å²) in [5.74, 6) is 0.605. The molecule has 5 nitrogen and oxygen atoms in total. The largest absolute Gasteiger partial charge is 0.465 e. The van der Waals surface area contributed by atoms with Crippen molar-refractivity contribution in [3.05, 3.63) is 23.9 Å². The molecule has 0 saturated heterocycles. The molecule has 0 aliphatic carbocycles. The minimum absolute atomic E-state index is 0.300. The third kappa shape index (κ3) is 4.21. The molecule has 1 unspecified atom stereocenters. The molecular weight excluding hydrogens is 242 g/mol. The van der Waals surface area contributed by atoms with Gasteiger partial charge in [0, 0.05) is 18.3 Å². The molecule has 0 aliphatic rings. The highest BCUT2D eigenvalue weighted by Gasteiger charge is 2.26. The number of carbonyl (C=O) groups is 1. The van der Waals surface area contributed by atoms with Gasteiger partial charge in [-0.1, -0.05) is 13.8 Å². The summed E-state index contributed by atoms with van der Waals surface area (Å²) >= 11 is 0. The highest BCUT2D eigenvalue weighted by molar-refractivity contribution is 5.94. The minimum Gasteiger partial charge on any atom is -0.465 e. The van der Waals surface area contributed by atoms with Gasteiger partial charge >= 0.3 is 5.97 Å². The first-order valence-electron chi connectivity index (χ1n) is 6.43. The second-order valence-electron chi connectivity index (χ2n) is 5.38. The van der Waals surface area contributed by atoms with E-state index in [4.69, 9.17) is 10.5 Å².